The first-order valence-corrected chi connectivity index (χ1v) is 8.90. The van der Waals surface area contributed by atoms with Gasteiger partial charge in [0.05, 0.1) is 23.5 Å². The molecule has 0 saturated carbocycles. The molecule has 3 aromatic rings. The molecule has 1 amide bonds. The molecule has 0 aliphatic rings. The Morgan fingerprint density at radius 2 is 1.64 bits per heavy atom. The largest absolute Gasteiger partial charge is 0.481 e. The van der Waals surface area contributed by atoms with E-state index in [0.717, 1.165) is 16.7 Å². The highest BCUT2D eigenvalue weighted by Crippen LogP contribution is 2.33. The van der Waals surface area contributed by atoms with Crippen LogP contribution in [0.15, 0.2) is 42.5 Å². The van der Waals surface area contributed by atoms with Crippen LogP contribution in [0.25, 0.3) is 22.4 Å². The van der Waals surface area contributed by atoms with Gasteiger partial charge in [0, 0.05) is 16.1 Å². The summed E-state index contributed by atoms with van der Waals surface area (Å²) in [6, 6.07) is 12.7. The number of halogens is 1. The number of nitrogens with two attached hydrogens (primary N) is 1. The number of nitrogens with zero attached hydrogens (tertiary/aromatic N) is 2. The third-order valence-corrected chi connectivity index (χ3v) is 4.65. The third-order valence-electron chi connectivity index (χ3n) is 4.34. The first-order chi connectivity index (χ1) is 13.3. The molecule has 2 aromatic carbocycles. The summed E-state index contributed by atoms with van der Waals surface area (Å²) >= 11 is 6.49. The summed E-state index contributed by atoms with van der Waals surface area (Å²) in [4.78, 5) is 31.1. The van der Waals surface area contributed by atoms with Crippen molar-refractivity contribution in [1.29, 1.82) is 0 Å². The zero-order valence-electron chi connectivity index (χ0n) is 15.4. The van der Waals surface area contributed by atoms with E-state index in [-0.39, 0.29) is 12.1 Å². The Hall–Kier alpha value is -3.25. The summed E-state index contributed by atoms with van der Waals surface area (Å²) in [5.74, 6) is -1.50. The minimum atomic E-state index is -0.875. The summed E-state index contributed by atoms with van der Waals surface area (Å²) in [7, 11) is 0. The zero-order chi connectivity index (χ0) is 20.4. The van der Waals surface area contributed by atoms with Crippen LogP contribution >= 0.6 is 11.6 Å². The van der Waals surface area contributed by atoms with E-state index in [1.54, 1.807) is 25.1 Å². The number of benzene rings is 2. The number of hydrogen-bond donors (Lipinski definition) is 2. The van der Waals surface area contributed by atoms with E-state index in [4.69, 9.17) is 22.4 Å². The van der Waals surface area contributed by atoms with Crippen molar-refractivity contribution >= 4 is 23.5 Å². The molecule has 0 saturated heterocycles. The smallest absolute Gasteiger partial charge is 0.307 e. The lowest BCUT2D eigenvalue weighted by Crippen LogP contribution is -2.17. The Kier molecular flexibility index (Phi) is 5.42. The number of aryl methyl sites for hydroxylation is 2. The predicted octanol–water partition coefficient (Wildman–Crippen LogP) is 3.81. The molecule has 0 unspecified atom stereocenters. The number of carbonyl (C=O) groups excluding carboxylic acids is 1. The predicted molar refractivity (Wildman–Crippen MR) is 107 cm³/mol. The number of carboxylic acids is 1. The van der Waals surface area contributed by atoms with Gasteiger partial charge in [-0.15, -0.1) is 0 Å². The molecule has 6 nitrogen and oxygen atoms in total. The average molecular weight is 396 g/mol. The number of hydrogen-bond acceptors (Lipinski definition) is 4. The number of carboxylic acid groups (broad SMARTS) is 1. The SMILES string of the molecule is Cc1nc(C)c(-c2ccc(-c3ccc(CC(=O)O)cc3)c(Cl)c2)nc1C(N)=O. The summed E-state index contributed by atoms with van der Waals surface area (Å²) in [6.07, 6.45) is -0.0273. The van der Waals surface area contributed by atoms with E-state index < -0.39 is 11.9 Å². The molecule has 1 aromatic heterocycles. The van der Waals surface area contributed by atoms with E-state index >= 15 is 0 Å². The molecule has 0 radical (unpaired) electrons. The second-order valence-electron chi connectivity index (χ2n) is 6.42. The quantitative estimate of drug-likeness (QED) is 0.683. The van der Waals surface area contributed by atoms with Crippen LogP contribution in [0.5, 0.6) is 0 Å². The van der Waals surface area contributed by atoms with Crippen LogP contribution in [-0.4, -0.2) is 27.0 Å². The normalized spacial score (nSPS) is 10.7. The van der Waals surface area contributed by atoms with Gasteiger partial charge in [0.15, 0.2) is 0 Å². The Morgan fingerprint density at radius 3 is 2.21 bits per heavy atom. The molecule has 7 heteroatoms. The monoisotopic (exact) mass is 395 g/mol. The van der Waals surface area contributed by atoms with Crippen LogP contribution in [0.4, 0.5) is 0 Å². The summed E-state index contributed by atoms with van der Waals surface area (Å²) in [6.45, 7) is 3.50. The molecule has 3 N–H and O–H groups in total. The van der Waals surface area contributed by atoms with Crippen LogP contribution in [-0.2, 0) is 11.2 Å². The van der Waals surface area contributed by atoms with Gasteiger partial charge in [0.2, 0.25) is 0 Å². The molecule has 0 aliphatic carbocycles. The highest BCUT2D eigenvalue weighted by Gasteiger charge is 2.15. The Balaban J connectivity index is 1.98. The average Bonchev–Trinajstić information content (AvgIpc) is 2.62. The number of rotatable bonds is 5. The fourth-order valence-corrected chi connectivity index (χ4v) is 3.30. The molecule has 28 heavy (non-hydrogen) atoms. The van der Waals surface area contributed by atoms with Gasteiger partial charge in [0.1, 0.15) is 5.69 Å². The first kappa shape index (κ1) is 19.5. The minimum Gasteiger partial charge on any atom is -0.481 e. The minimum absolute atomic E-state index is 0.0273. The highest BCUT2D eigenvalue weighted by molar-refractivity contribution is 6.33. The van der Waals surface area contributed by atoms with Crippen molar-refractivity contribution in [3.63, 3.8) is 0 Å². The maximum Gasteiger partial charge on any atom is 0.307 e. The Bertz CT molecular complexity index is 1080. The van der Waals surface area contributed by atoms with Gasteiger partial charge in [-0.3, -0.25) is 14.6 Å². The summed E-state index contributed by atoms with van der Waals surface area (Å²) in [5, 5.41) is 9.37. The second-order valence-corrected chi connectivity index (χ2v) is 6.83. The van der Waals surface area contributed by atoms with Gasteiger partial charge < -0.3 is 10.8 Å². The molecule has 0 bridgehead atoms. The van der Waals surface area contributed by atoms with Gasteiger partial charge in [0.25, 0.3) is 5.91 Å². The number of aliphatic carboxylic acids is 1. The molecule has 0 fully saturated rings. The van der Waals surface area contributed by atoms with E-state index in [0.29, 0.717) is 27.7 Å². The van der Waals surface area contributed by atoms with Crippen LogP contribution in [0.2, 0.25) is 5.02 Å². The molecule has 1 heterocycles. The van der Waals surface area contributed by atoms with E-state index in [9.17, 15) is 9.59 Å². The van der Waals surface area contributed by atoms with Gasteiger partial charge in [-0.2, -0.15) is 0 Å². The molecule has 3 rings (SSSR count). The highest BCUT2D eigenvalue weighted by atomic mass is 35.5. The van der Waals surface area contributed by atoms with Crippen molar-refractivity contribution < 1.29 is 14.7 Å². The zero-order valence-corrected chi connectivity index (χ0v) is 16.1. The number of carbonyl (C=O) groups is 2. The van der Waals surface area contributed by atoms with Crippen LogP contribution in [0.1, 0.15) is 27.4 Å². The van der Waals surface area contributed by atoms with Gasteiger partial charge >= 0.3 is 5.97 Å². The molecular formula is C21H18ClN3O3. The Labute approximate surface area is 167 Å². The van der Waals surface area contributed by atoms with Gasteiger partial charge in [-0.1, -0.05) is 48.0 Å². The Morgan fingerprint density at radius 1 is 1.00 bits per heavy atom. The fourth-order valence-electron chi connectivity index (χ4n) is 3.01. The second kappa shape index (κ2) is 7.78. The maximum atomic E-state index is 11.6. The first-order valence-electron chi connectivity index (χ1n) is 8.52. The summed E-state index contributed by atoms with van der Waals surface area (Å²) < 4.78 is 0. The van der Waals surface area contributed by atoms with Crippen molar-refractivity contribution in [2.75, 3.05) is 0 Å². The van der Waals surface area contributed by atoms with E-state index in [1.165, 1.54) is 0 Å². The number of aromatic nitrogens is 2. The van der Waals surface area contributed by atoms with E-state index in [1.807, 2.05) is 31.2 Å². The maximum absolute atomic E-state index is 11.6. The molecule has 0 aliphatic heterocycles. The lowest BCUT2D eigenvalue weighted by molar-refractivity contribution is -0.136. The van der Waals surface area contributed by atoms with E-state index in [2.05, 4.69) is 9.97 Å². The number of amides is 1. The van der Waals surface area contributed by atoms with Gasteiger partial charge in [-0.05, 0) is 31.0 Å². The van der Waals surface area contributed by atoms with Crippen LogP contribution in [0, 0.1) is 13.8 Å². The summed E-state index contributed by atoms with van der Waals surface area (Å²) in [5.41, 5.74) is 10.3. The van der Waals surface area contributed by atoms with Crippen molar-refractivity contribution in [3.05, 3.63) is 70.1 Å². The topological polar surface area (TPSA) is 106 Å². The van der Waals surface area contributed by atoms with Gasteiger partial charge in [-0.25, -0.2) is 4.98 Å². The molecule has 0 atom stereocenters. The fraction of sp³-hybridized carbons (Fsp3) is 0.143. The molecule has 0 spiro atoms. The molecule has 142 valence electrons. The van der Waals surface area contributed by atoms with Crippen molar-refractivity contribution in [1.82, 2.24) is 9.97 Å². The lowest BCUT2D eigenvalue weighted by atomic mass is 10.00. The van der Waals surface area contributed by atoms with Crippen molar-refractivity contribution in [3.8, 4) is 22.4 Å². The molecular weight excluding hydrogens is 378 g/mol. The van der Waals surface area contributed by atoms with Crippen molar-refractivity contribution in [2.45, 2.75) is 20.3 Å². The standard InChI is InChI=1S/C21H18ClN3O3/c1-11-19(25-20(21(23)28)12(2)24-11)15-7-8-16(17(22)10-15)14-5-3-13(4-6-14)9-18(26)27/h3-8,10H,9H2,1-2H3,(H2,23,28)(H,26,27). The van der Waals surface area contributed by atoms with Crippen molar-refractivity contribution in [2.24, 2.45) is 5.73 Å². The van der Waals surface area contributed by atoms with Crippen LogP contribution in [0.3, 0.4) is 0 Å². The number of primary amides is 1. The van der Waals surface area contributed by atoms with Crippen LogP contribution < -0.4 is 5.73 Å². The third kappa shape index (κ3) is 4.02. The lowest BCUT2D eigenvalue weighted by Gasteiger charge is -2.11.